The monoisotopic (exact) mass is 290 g/mol. The first-order valence-electron chi connectivity index (χ1n) is 6.12. The van der Waals surface area contributed by atoms with Crippen molar-refractivity contribution in [2.24, 2.45) is 0 Å². The summed E-state index contributed by atoms with van der Waals surface area (Å²) in [6, 6.07) is 11.2. The van der Waals surface area contributed by atoms with Crippen molar-refractivity contribution in [3.05, 3.63) is 58.6 Å². The average Bonchev–Trinajstić information content (AvgIpc) is 2.38. The molecule has 0 radical (unpaired) electrons. The molecule has 2 aromatic rings. The fourth-order valence-electron chi connectivity index (χ4n) is 1.89. The number of carbonyl (C=O) groups is 1. The van der Waals surface area contributed by atoms with Gasteiger partial charge in [0, 0.05) is 10.7 Å². The molecule has 1 atom stereocenters. The predicted molar refractivity (Wildman–Crippen MR) is 79.9 cm³/mol. The summed E-state index contributed by atoms with van der Waals surface area (Å²) in [5, 5.41) is 12.8. The molecule has 2 rings (SSSR count). The average molecular weight is 291 g/mol. The third-order valence-corrected chi connectivity index (χ3v) is 3.21. The van der Waals surface area contributed by atoms with E-state index >= 15 is 0 Å². The van der Waals surface area contributed by atoms with Crippen LogP contribution in [-0.4, -0.2) is 11.0 Å². The van der Waals surface area contributed by atoms with Crippen molar-refractivity contribution in [2.45, 2.75) is 13.0 Å². The van der Waals surface area contributed by atoms with E-state index in [1.807, 2.05) is 13.0 Å². The Kier molecular flexibility index (Phi) is 4.15. The van der Waals surface area contributed by atoms with Crippen molar-refractivity contribution < 1.29 is 9.90 Å². The Balaban J connectivity index is 2.15. The second kappa shape index (κ2) is 5.84. The van der Waals surface area contributed by atoms with Crippen molar-refractivity contribution in [3.8, 4) is 5.75 Å². The maximum Gasteiger partial charge on any atom is 0.253 e. The lowest BCUT2D eigenvalue weighted by Gasteiger charge is -2.15. The zero-order valence-electron chi connectivity index (χ0n) is 10.9. The van der Waals surface area contributed by atoms with Crippen molar-refractivity contribution in [1.29, 1.82) is 0 Å². The quantitative estimate of drug-likeness (QED) is 0.760. The Morgan fingerprint density at radius 1 is 1.30 bits per heavy atom. The number of halogens is 1. The Bertz CT molecular complexity index is 644. The number of hydrogen-bond donors (Lipinski definition) is 3. The van der Waals surface area contributed by atoms with Gasteiger partial charge in [0.15, 0.2) is 0 Å². The number of nitrogens with one attached hydrogen (secondary N) is 1. The van der Waals surface area contributed by atoms with Gasteiger partial charge in [0.1, 0.15) is 5.75 Å². The summed E-state index contributed by atoms with van der Waals surface area (Å²) in [4.78, 5) is 12.1. The van der Waals surface area contributed by atoms with E-state index in [1.54, 1.807) is 30.3 Å². The molecule has 1 amide bonds. The number of benzene rings is 2. The van der Waals surface area contributed by atoms with Crippen molar-refractivity contribution in [3.63, 3.8) is 0 Å². The van der Waals surface area contributed by atoms with Crippen LogP contribution in [0, 0.1) is 0 Å². The van der Waals surface area contributed by atoms with Crippen LogP contribution >= 0.6 is 11.6 Å². The highest BCUT2D eigenvalue weighted by atomic mass is 35.5. The topological polar surface area (TPSA) is 75.4 Å². The van der Waals surface area contributed by atoms with E-state index in [2.05, 4.69) is 5.32 Å². The Morgan fingerprint density at radius 2 is 2.05 bits per heavy atom. The van der Waals surface area contributed by atoms with Crippen LogP contribution in [-0.2, 0) is 0 Å². The summed E-state index contributed by atoms with van der Waals surface area (Å²) in [6.45, 7) is 1.83. The molecule has 0 aromatic heterocycles. The van der Waals surface area contributed by atoms with E-state index in [1.165, 1.54) is 6.07 Å². The number of hydrogen-bond acceptors (Lipinski definition) is 3. The van der Waals surface area contributed by atoms with Gasteiger partial charge in [-0.05, 0) is 42.8 Å². The SMILES string of the molecule is CC(NC(=O)c1ccc(Cl)cc1N)c1cccc(O)c1. The number of amides is 1. The molecule has 0 aliphatic rings. The maximum absolute atomic E-state index is 12.1. The molecule has 4 nitrogen and oxygen atoms in total. The van der Waals surface area contributed by atoms with Gasteiger partial charge in [0.2, 0.25) is 0 Å². The molecule has 0 aliphatic heterocycles. The fourth-order valence-corrected chi connectivity index (χ4v) is 2.07. The van der Waals surface area contributed by atoms with Crippen LogP contribution in [0.3, 0.4) is 0 Å². The van der Waals surface area contributed by atoms with Gasteiger partial charge in [-0.1, -0.05) is 23.7 Å². The van der Waals surface area contributed by atoms with E-state index in [0.717, 1.165) is 5.56 Å². The summed E-state index contributed by atoms with van der Waals surface area (Å²) in [5.41, 5.74) is 7.29. The number of carbonyl (C=O) groups excluding carboxylic acids is 1. The molecule has 1 unspecified atom stereocenters. The summed E-state index contributed by atoms with van der Waals surface area (Å²) < 4.78 is 0. The third-order valence-electron chi connectivity index (χ3n) is 2.98. The molecule has 0 aliphatic carbocycles. The number of nitrogens with two attached hydrogens (primary N) is 1. The highest BCUT2D eigenvalue weighted by Crippen LogP contribution is 2.21. The Labute approximate surface area is 122 Å². The fraction of sp³-hybridized carbons (Fsp3) is 0.133. The minimum absolute atomic E-state index is 0.162. The number of aromatic hydroxyl groups is 1. The van der Waals surface area contributed by atoms with Crippen LogP contribution in [0.25, 0.3) is 0 Å². The van der Waals surface area contributed by atoms with Crippen LogP contribution in [0.4, 0.5) is 5.69 Å². The molecule has 2 aromatic carbocycles. The van der Waals surface area contributed by atoms with Gasteiger partial charge < -0.3 is 16.2 Å². The number of rotatable bonds is 3. The van der Waals surface area contributed by atoms with E-state index in [0.29, 0.717) is 16.3 Å². The lowest BCUT2D eigenvalue weighted by molar-refractivity contribution is 0.0940. The lowest BCUT2D eigenvalue weighted by Crippen LogP contribution is -2.27. The standard InChI is InChI=1S/C15H15ClN2O2/c1-9(10-3-2-4-12(19)7-10)18-15(20)13-6-5-11(16)8-14(13)17/h2-9,19H,17H2,1H3,(H,18,20). The van der Waals surface area contributed by atoms with Gasteiger partial charge in [-0.3, -0.25) is 4.79 Å². The molecule has 20 heavy (non-hydrogen) atoms. The molecule has 0 heterocycles. The lowest BCUT2D eigenvalue weighted by atomic mass is 10.1. The number of phenolic OH excluding ortho intramolecular Hbond substituents is 1. The summed E-state index contributed by atoms with van der Waals surface area (Å²) in [6.07, 6.45) is 0. The Morgan fingerprint density at radius 3 is 2.70 bits per heavy atom. The van der Waals surface area contributed by atoms with Crippen LogP contribution in [0.2, 0.25) is 5.02 Å². The zero-order valence-corrected chi connectivity index (χ0v) is 11.7. The molecular weight excluding hydrogens is 276 g/mol. The van der Waals surface area contributed by atoms with Crippen molar-refractivity contribution >= 4 is 23.2 Å². The van der Waals surface area contributed by atoms with Crippen molar-refractivity contribution in [1.82, 2.24) is 5.32 Å². The van der Waals surface area contributed by atoms with Crippen molar-refractivity contribution in [2.75, 3.05) is 5.73 Å². The normalized spacial score (nSPS) is 11.9. The first-order valence-corrected chi connectivity index (χ1v) is 6.50. The number of phenols is 1. The third kappa shape index (κ3) is 3.22. The first kappa shape index (κ1) is 14.2. The van der Waals surface area contributed by atoms with Crippen LogP contribution < -0.4 is 11.1 Å². The van der Waals surface area contributed by atoms with Gasteiger partial charge in [-0.25, -0.2) is 0 Å². The summed E-state index contributed by atoms with van der Waals surface area (Å²) in [5.74, 6) is -0.121. The highest BCUT2D eigenvalue weighted by molar-refractivity contribution is 6.31. The largest absolute Gasteiger partial charge is 0.508 e. The Hall–Kier alpha value is -2.20. The highest BCUT2D eigenvalue weighted by Gasteiger charge is 2.14. The van der Waals surface area contributed by atoms with E-state index in [9.17, 15) is 9.90 Å². The summed E-state index contributed by atoms with van der Waals surface area (Å²) in [7, 11) is 0. The maximum atomic E-state index is 12.1. The van der Waals surface area contributed by atoms with Gasteiger partial charge >= 0.3 is 0 Å². The molecule has 104 valence electrons. The van der Waals surface area contributed by atoms with Crippen LogP contribution in [0.1, 0.15) is 28.9 Å². The van der Waals surface area contributed by atoms with Gasteiger partial charge in [-0.2, -0.15) is 0 Å². The molecule has 0 bridgehead atoms. The molecule has 0 saturated heterocycles. The van der Waals surface area contributed by atoms with E-state index in [-0.39, 0.29) is 17.7 Å². The number of anilines is 1. The van der Waals surface area contributed by atoms with E-state index < -0.39 is 0 Å². The first-order chi connectivity index (χ1) is 9.47. The summed E-state index contributed by atoms with van der Waals surface area (Å²) >= 11 is 5.80. The minimum atomic E-state index is -0.282. The smallest absolute Gasteiger partial charge is 0.253 e. The van der Waals surface area contributed by atoms with Crippen LogP contribution in [0.5, 0.6) is 5.75 Å². The molecule has 0 fully saturated rings. The second-order valence-electron chi connectivity index (χ2n) is 4.52. The van der Waals surface area contributed by atoms with Gasteiger partial charge in [-0.15, -0.1) is 0 Å². The second-order valence-corrected chi connectivity index (χ2v) is 4.96. The molecule has 0 saturated carbocycles. The van der Waals surface area contributed by atoms with E-state index in [4.69, 9.17) is 17.3 Å². The molecular formula is C15H15ClN2O2. The molecule has 4 N–H and O–H groups in total. The molecule has 5 heteroatoms. The minimum Gasteiger partial charge on any atom is -0.508 e. The van der Waals surface area contributed by atoms with Gasteiger partial charge in [0.05, 0.1) is 11.6 Å². The predicted octanol–water partition coefficient (Wildman–Crippen LogP) is 3.12. The zero-order chi connectivity index (χ0) is 14.7. The molecule has 0 spiro atoms. The number of nitrogen functional groups attached to an aromatic ring is 1. The van der Waals surface area contributed by atoms with Crippen LogP contribution in [0.15, 0.2) is 42.5 Å². The van der Waals surface area contributed by atoms with Gasteiger partial charge in [0.25, 0.3) is 5.91 Å².